The van der Waals surface area contributed by atoms with Crippen molar-refractivity contribution >= 4 is 29.0 Å². The Kier molecular flexibility index (Phi) is 4.82. The highest BCUT2D eigenvalue weighted by Crippen LogP contribution is 2.35. The lowest BCUT2D eigenvalue weighted by atomic mass is 9.84. The monoisotopic (exact) mass is 258 g/mol. The van der Waals surface area contributed by atoms with Crippen LogP contribution in [0, 0.1) is 5.92 Å². The summed E-state index contributed by atoms with van der Waals surface area (Å²) in [6.45, 7) is 5.92. The van der Waals surface area contributed by atoms with Crippen LogP contribution in [0.3, 0.4) is 0 Å². The molecule has 1 unspecified atom stereocenters. The number of carbonyl (C=O) groups excluding carboxylic acids is 1. The van der Waals surface area contributed by atoms with E-state index in [1.165, 1.54) is 0 Å². The third-order valence-corrected chi connectivity index (χ3v) is 3.51. The Balaban J connectivity index is 3.21. The predicted octanol–water partition coefficient (Wildman–Crippen LogP) is 4.71. The van der Waals surface area contributed by atoms with E-state index in [4.69, 9.17) is 23.2 Å². The summed E-state index contributed by atoms with van der Waals surface area (Å²) in [6, 6.07) is 5.45. The number of Topliss-reactive ketones (excluding diaryl/α,β-unsaturated/α-hetero) is 1. The highest BCUT2D eigenvalue weighted by molar-refractivity contribution is 6.42. The standard InChI is InChI=1S/C13H16Cl2O/c1-4-11(16)12(8(2)3)9-6-5-7-10(14)13(9)15/h5-8,12H,4H2,1-3H3. The van der Waals surface area contributed by atoms with Crippen molar-refractivity contribution in [3.8, 4) is 0 Å². The van der Waals surface area contributed by atoms with Gasteiger partial charge >= 0.3 is 0 Å². The Morgan fingerprint density at radius 1 is 1.31 bits per heavy atom. The summed E-state index contributed by atoms with van der Waals surface area (Å²) in [5, 5.41) is 1.01. The molecule has 0 radical (unpaired) electrons. The molecule has 0 aromatic heterocycles. The smallest absolute Gasteiger partial charge is 0.140 e. The van der Waals surface area contributed by atoms with Crippen LogP contribution in [0.1, 0.15) is 38.7 Å². The van der Waals surface area contributed by atoms with Crippen molar-refractivity contribution in [2.45, 2.75) is 33.1 Å². The summed E-state index contributed by atoms with van der Waals surface area (Å²) in [7, 11) is 0. The van der Waals surface area contributed by atoms with E-state index in [9.17, 15) is 4.79 Å². The molecule has 0 saturated heterocycles. The summed E-state index contributed by atoms with van der Waals surface area (Å²) in [6.07, 6.45) is 0.520. The zero-order valence-electron chi connectivity index (χ0n) is 9.76. The van der Waals surface area contributed by atoms with Gasteiger partial charge in [-0.05, 0) is 17.5 Å². The first-order chi connectivity index (χ1) is 7.49. The normalized spacial score (nSPS) is 12.9. The van der Waals surface area contributed by atoms with Crippen LogP contribution in [0.15, 0.2) is 18.2 Å². The Bertz CT molecular complexity index is 386. The van der Waals surface area contributed by atoms with Crippen LogP contribution >= 0.6 is 23.2 Å². The lowest BCUT2D eigenvalue weighted by Gasteiger charge is -2.21. The third-order valence-electron chi connectivity index (χ3n) is 2.68. The van der Waals surface area contributed by atoms with Crippen molar-refractivity contribution in [2.75, 3.05) is 0 Å². The molecule has 3 heteroatoms. The van der Waals surface area contributed by atoms with E-state index in [-0.39, 0.29) is 17.6 Å². The Morgan fingerprint density at radius 3 is 2.44 bits per heavy atom. The first kappa shape index (κ1) is 13.5. The van der Waals surface area contributed by atoms with Gasteiger partial charge in [0.1, 0.15) is 5.78 Å². The van der Waals surface area contributed by atoms with E-state index >= 15 is 0 Å². The van der Waals surface area contributed by atoms with Crippen LogP contribution in [0.2, 0.25) is 10.0 Å². The molecule has 1 atom stereocenters. The maximum absolute atomic E-state index is 11.9. The second-order valence-corrected chi connectivity index (χ2v) is 4.97. The number of rotatable bonds is 4. The molecule has 1 nitrogen and oxygen atoms in total. The molecule has 0 bridgehead atoms. The number of hydrogen-bond acceptors (Lipinski definition) is 1. The SMILES string of the molecule is CCC(=O)C(c1cccc(Cl)c1Cl)C(C)C. The molecule has 0 saturated carbocycles. The highest BCUT2D eigenvalue weighted by Gasteiger charge is 2.25. The van der Waals surface area contributed by atoms with E-state index in [2.05, 4.69) is 0 Å². The van der Waals surface area contributed by atoms with E-state index in [0.29, 0.717) is 16.5 Å². The summed E-state index contributed by atoms with van der Waals surface area (Å²) >= 11 is 12.1. The Labute approximate surface area is 107 Å². The van der Waals surface area contributed by atoms with Gasteiger partial charge in [-0.1, -0.05) is 56.1 Å². The topological polar surface area (TPSA) is 17.1 Å². The largest absolute Gasteiger partial charge is 0.299 e. The fraction of sp³-hybridized carbons (Fsp3) is 0.462. The van der Waals surface area contributed by atoms with Crippen molar-refractivity contribution < 1.29 is 4.79 Å². The van der Waals surface area contributed by atoms with Crippen LogP contribution in [-0.4, -0.2) is 5.78 Å². The molecule has 0 amide bonds. The molecule has 88 valence electrons. The van der Waals surface area contributed by atoms with E-state index in [1.54, 1.807) is 6.07 Å². The average Bonchev–Trinajstić information content (AvgIpc) is 2.24. The summed E-state index contributed by atoms with van der Waals surface area (Å²) in [5.41, 5.74) is 0.844. The van der Waals surface area contributed by atoms with Gasteiger partial charge in [-0.15, -0.1) is 0 Å². The maximum atomic E-state index is 11.9. The molecule has 0 N–H and O–H groups in total. The highest BCUT2D eigenvalue weighted by atomic mass is 35.5. The number of benzene rings is 1. The molecule has 0 fully saturated rings. The van der Waals surface area contributed by atoms with Gasteiger partial charge in [0.25, 0.3) is 0 Å². The average molecular weight is 259 g/mol. The van der Waals surface area contributed by atoms with Crippen LogP contribution in [0.5, 0.6) is 0 Å². The van der Waals surface area contributed by atoms with Gasteiger partial charge in [0, 0.05) is 12.3 Å². The maximum Gasteiger partial charge on any atom is 0.140 e. The molecule has 0 heterocycles. The Morgan fingerprint density at radius 2 is 1.94 bits per heavy atom. The van der Waals surface area contributed by atoms with Crippen molar-refractivity contribution in [1.29, 1.82) is 0 Å². The van der Waals surface area contributed by atoms with Crippen LogP contribution < -0.4 is 0 Å². The number of halogens is 2. The predicted molar refractivity (Wildman–Crippen MR) is 69.3 cm³/mol. The number of hydrogen-bond donors (Lipinski definition) is 0. The first-order valence-electron chi connectivity index (χ1n) is 5.45. The summed E-state index contributed by atoms with van der Waals surface area (Å²) in [5.74, 6) is 0.277. The molecule has 0 aliphatic carbocycles. The minimum atomic E-state index is -0.156. The summed E-state index contributed by atoms with van der Waals surface area (Å²) < 4.78 is 0. The van der Waals surface area contributed by atoms with Crippen molar-refractivity contribution in [3.63, 3.8) is 0 Å². The number of ketones is 1. The molecular formula is C13H16Cl2O. The van der Waals surface area contributed by atoms with Crippen LogP contribution in [0.25, 0.3) is 0 Å². The van der Waals surface area contributed by atoms with Gasteiger partial charge in [0.05, 0.1) is 10.0 Å². The van der Waals surface area contributed by atoms with E-state index in [1.807, 2.05) is 32.9 Å². The second kappa shape index (κ2) is 5.70. The van der Waals surface area contributed by atoms with Crippen molar-refractivity contribution in [1.82, 2.24) is 0 Å². The van der Waals surface area contributed by atoms with Gasteiger partial charge in [0.15, 0.2) is 0 Å². The van der Waals surface area contributed by atoms with E-state index in [0.717, 1.165) is 5.56 Å². The molecular weight excluding hydrogens is 243 g/mol. The fourth-order valence-electron chi connectivity index (χ4n) is 1.88. The van der Waals surface area contributed by atoms with Gasteiger partial charge in [-0.3, -0.25) is 4.79 Å². The zero-order chi connectivity index (χ0) is 12.3. The number of carbonyl (C=O) groups is 1. The second-order valence-electron chi connectivity index (χ2n) is 4.18. The van der Waals surface area contributed by atoms with Crippen LogP contribution in [-0.2, 0) is 4.79 Å². The van der Waals surface area contributed by atoms with Crippen molar-refractivity contribution in [2.24, 2.45) is 5.92 Å². The third kappa shape index (κ3) is 2.78. The zero-order valence-corrected chi connectivity index (χ0v) is 11.3. The van der Waals surface area contributed by atoms with Gasteiger partial charge in [-0.2, -0.15) is 0 Å². The van der Waals surface area contributed by atoms with Crippen LogP contribution in [0.4, 0.5) is 0 Å². The van der Waals surface area contributed by atoms with Gasteiger partial charge in [0.2, 0.25) is 0 Å². The molecule has 1 aromatic rings. The fourth-order valence-corrected chi connectivity index (χ4v) is 2.31. The van der Waals surface area contributed by atoms with Gasteiger partial charge in [-0.25, -0.2) is 0 Å². The molecule has 1 rings (SSSR count). The minimum absolute atomic E-state index is 0.156. The molecule has 16 heavy (non-hydrogen) atoms. The first-order valence-corrected chi connectivity index (χ1v) is 6.21. The molecule has 0 aliphatic heterocycles. The molecule has 0 spiro atoms. The Hall–Kier alpha value is -0.530. The molecule has 1 aromatic carbocycles. The minimum Gasteiger partial charge on any atom is -0.299 e. The van der Waals surface area contributed by atoms with E-state index < -0.39 is 0 Å². The molecule has 0 aliphatic rings. The summed E-state index contributed by atoms with van der Waals surface area (Å²) in [4.78, 5) is 11.9. The lowest BCUT2D eigenvalue weighted by Crippen LogP contribution is -2.17. The quantitative estimate of drug-likeness (QED) is 0.765. The van der Waals surface area contributed by atoms with Gasteiger partial charge < -0.3 is 0 Å². The van der Waals surface area contributed by atoms with Crippen molar-refractivity contribution in [3.05, 3.63) is 33.8 Å². The lowest BCUT2D eigenvalue weighted by molar-refractivity contribution is -0.121.